The van der Waals surface area contributed by atoms with Gasteiger partial charge in [-0.25, -0.2) is 0 Å². The van der Waals surface area contributed by atoms with Crippen LogP contribution in [0.25, 0.3) is 27.5 Å². The quantitative estimate of drug-likeness (QED) is 0.278. The predicted molar refractivity (Wildman–Crippen MR) is 118 cm³/mol. The number of aryl methyl sites for hydroxylation is 1. The Labute approximate surface area is 180 Å². The maximum atomic E-state index is 12.5. The summed E-state index contributed by atoms with van der Waals surface area (Å²) in [7, 11) is 0. The molecule has 28 heavy (non-hydrogen) atoms. The first kappa shape index (κ1) is 25.6. The van der Waals surface area contributed by atoms with Crippen molar-refractivity contribution >= 4 is 21.8 Å². The van der Waals surface area contributed by atoms with Gasteiger partial charge in [0.2, 0.25) is 0 Å². The first-order valence-electron chi connectivity index (χ1n) is 9.12. The number of hydrogen-bond donors (Lipinski definition) is 0. The second kappa shape index (κ2) is 12.2. The Hall–Kier alpha value is -2.36. The van der Waals surface area contributed by atoms with Crippen LogP contribution >= 0.6 is 0 Å². The molecule has 0 atom stereocenters. The first-order chi connectivity index (χ1) is 12.7. The molecule has 0 bridgehead atoms. The largest absolute Gasteiger partial charge is 2.00 e. The van der Waals surface area contributed by atoms with E-state index in [0.29, 0.717) is 0 Å². The normalized spacial score (nSPS) is 9.18. The van der Waals surface area contributed by atoms with Crippen molar-refractivity contribution in [1.82, 2.24) is 9.55 Å². The molecule has 0 spiro atoms. The summed E-state index contributed by atoms with van der Waals surface area (Å²) in [4.78, 5) is 17.0. The van der Waals surface area contributed by atoms with Crippen LogP contribution in [0.15, 0.2) is 65.6 Å². The van der Waals surface area contributed by atoms with Gasteiger partial charge in [0, 0.05) is 23.0 Å². The minimum Gasteiger partial charge on any atom is -0.358 e. The fourth-order valence-electron chi connectivity index (χ4n) is 2.81. The predicted octanol–water partition coefficient (Wildman–Crippen LogP) is 6.15. The van der Waals surface area contributed by atoms with Crippen LogP contribution in [0.5, 0.6) is 0 Å². The SMILES string of the molecule is CC.CC.Cc1ccc2ncc3ccc(=O)n(-c4cc[c-]cc4)c3c2c1.[CH3-].[V+2]. The Morgan fingerprint density at radius 1 is 0.929 bits per heavy atom. The number of nitrogens with zero attached hydrogens (tertiary/aromatic N) is 2. The molecular weight excluding hydrogens is 383 g/mol. The zero-order valence-corrected chi connectivity index (χ0v) is 18.9. The van der Waals surface area contributed by atoms with Gasteiger partial charge < -0.3 is 7.43 Å². The molecule has 0 unspecified atom stereocenters. The molecule has 3 nitrogen and oxygen atoms in total. The van der Waals surface area contributed by atoms with Crippen molar-refractivity contribution < 1.29 is 18.6 Å². The van der Waals surface area contributed by atoms with Crippen molar-refractivity contribution in [2.75, 3.05) is 0 Å². The van der Waals surface area contributed by atoms with E-state index in [1.54, 1.807) is 10.6 Å². The maximum Gasteiger partial charge on any atom is 2.00 e. The molecule has 0 amide bonds. The average Bonchev–Trinajstić information content (AvgIpc) is 2.71. The van der Waals surface area contributed by atoms with E-state index < -0.39 is 0 Å². The molecule has 0 N–H and O–H groups in total. The number of hydrogen-bond acceptors (Lipinski definition) is 2. The summed E-state index contributed by atoms with van der Waals surface area (Å²) in [5.74, 6) is 0. The summed E-state index contributed by atoms with van der Waals surface area (Å²) < 4.78 is 1.74. The molecule has 145 valence electrons. The first-order valence-corrected chi connectivity index (χ1v) is 9.12. The molecular formula is C24H28N2OV. The summed E-state index contributed by atoms with van der Waals surface area (Å²) in [5, 5.41) is 1.94. The molecule has 2 aromatic heterocycles. The van der Waals surface area contributed by atoms with Crippen LogP contribution in [-0.2, 0) is 18.6 Å². The Balaban J connectivity index is 0.00000115. The van der Waals surface area contributed by atoms with Gasteiger partial charge in [0.05, 0.1) is 11.0 Å². The monoisotopic (exact) mass is 411 g/mol. The number of pyridine rings is 2. The van der Waals surface area contributed by atoms with E-state index in [1.807, 2.05) is 83.3 Å². The van der Waals surface area contributed by atoms with Gasteiger partial charge in [0.25, 0.3) is 5.56 Å². The van der Waals surface area contributed by atoms with Crippen molar-refractivity contribution in [3.63, 3.8) is 0 Å². The fourth-order valence-corrected chi connectivity index (χ4v) is 2.81. The van der Waals surface area contributed by atoms with Gasteiger partial charge in [-0.3, -0.25) is 14.3 Å². The van der Waals surface area contributed by atoms with Crippen LogP contribution in [0.4, 0.5) is 0 Å². The van der Waals surface area contributed by atoms with E-state index in [2.05, 4.69) is 17.1 Å². The minimum atomic E-state index is -0.0484. The van der Waals surface area contributed by atoms with Gasteiger partial charge in [-0.15, -0.1) is 12.1 Å². The molecule has 2 heterocycles. The van der Waals surface area contributed by atoms with Crippen LogP contribution in [0.1, 0.15) is 33.3 Å². The van der Waals surface area contributed by atoms with E-state index >= 15 is 0 Å². The Kier molecular flexibility index (Phi) is 11.1. The van der Waals surface area contributed by atoms with E-state index in [1.165, 1.54) is 0 Å². The van der Waals surface area contributed by atoms with E-state index in [4.69, 9.17) is 0 Å². The maximum absolute atomic E-state index is 12.5. The Morgan fingerprint density at radius 2 is 1.57 bits per heavy atom. The van der Waals surface area contributed by atoms with E-state index in [0.717, 1.165) is 33.1 Å². The van der Waals surface area contributed by atoms with Crippen LogP contribution in [0.2, 0.25) is 0 Å². The van der Waals surface area contributed by atoms with Gasteiger partial charge in [-0.05, 0) is 25.1 Å². The van der Waals surface area contributed by atoms with Gasteiger partial charge >= 0.3 is 18.6 Å². The third kappa shape index (κ3) is 5.12. The molecule has 2 aromatic carbocycles. The van der Waals surface area contributed by atoms with Crippen LogP contribution in [0, 0.1) is 20.4 Å². The molecule has 0 saturated heterocycles. The molecule has 0 fully saturated rings. The van der Waals surface area contributed by atoms with Crippen molar-refractivity contribution in [3.8, 4) is 5.69 Å². The minimum absolute atomic E-state index is 0. The van der Waals surface area contributed by atoms with Crippen molar-refractivity contribution in [2.45, 2.75) is 34.6 Å². The van der Waals surface area contributed by atoms with Gasteiger partial charge in [0.15, 0.2) is 0 Å². The molecule has 0 aliphatic heterocycles. The Morgan fingerprint density at radius 3 is 2.21 bits per heavy atom. The summed E-state index contributed by atoms with van der Waals surface area (Å²) in [6, 6.07) is 19.9. The van der Waals surface area contributed by atoms with Crippen LogP contribution in [0.3, 0.4) is 0 Å². The van der Waals surface area contributed by atoms with Crippen LogP contribution < -0.4 is 5.56 Å². The third-order valence-corrected chi connectivity index (χ3v) is 3.83. The molecule has 0 aliphatic rings. The summed E-state index contributed by atoms with van der Waals surface area (Å²) in [6.45, 7) is 10.0. The summed E-state index contributed by atoms with van der Waals surface area (Å²) in [5.41, 5.74) is 3.72. The van der Waals surface area contributed by atoms with Gasteiger partial charge in [-0.1, -0.05) is 45.0 Å². The molecule has 0 saturated carbocycles. The zero-order valence-electron chi connectivity index (χ0n) is 17.5. The summed E-state index contributed by atoms with van der Waals surface area (Å²) >= 11 is 0. The van der Waals surface area contributed by atoms with Crippen molar-refractivity contribution in [2.24, 2.45) is 0 Å². The topological polar surface area (TPSA) is 34.9 Å². The smallest absolute Gasteiger partial charge is 0.358 e. The number of aromatic nitrogens is 2. The van der Waals surface area contributed by atoms with Crippen molar-refractivity contribution in [3.05, 3.63) is 90.2 Å². The molecule has 0 aliphatic carbocycles. The number of benzene rings is 2. The average molecular weight is 411 g/mol. The molecule has 4 heteroatoms. The zero-order chi connectivity index (χ0) is 19.1. The van der Waals surface area contributed by atoms with Crippen molar-refractivity contribution in [1.29, 1.82) is 0 Å². The van der Waals surface area contributed by atoms with Gasteiger partial charge in [0.1, 0.15) is 0 Å². The Bertz CT molecular complexity index is 1060. The molecule has 4 aromatic rings. The molecule has 4 rings (SSSR count). The van der Waals surface area contributed by atoms with Crippen LogP contribution in [-0.4, -0.2) is 9.55 Å². The van der Waals surface area contributed by atoms with Gasteiger partial charge in [-0.2, -0.15) is 18.2 Å². The molecule has 1 radical (unpaired) electrons. The third-order valence-electron chi connectivity index (χ3n) is 3.83. The second-order valence-electron chi connectivity index (χ2n) is 5.35. The fraction of sp³-hybridized carbons (Fsp3) is 0.208. The number of rotatable bonds is 1. The second-order valence-corrected chi connectivity index (χ2v) is 5.35. The van der Waals surface area contributed by atoms with E-state index in [9.17, 15) is 4.79 Å². The number of fused-ring (bicyclic) bond motifs is 3. The standard InChI is InChI=1S/C19H13N2O.2C2H6.CH3.V/c1-13-7-9-17-16(11-13)19-14(12-20-17)8-10-18(22)21(19)15-5-3-2-4-6-15;2*1-2;;/h3-12H,1H3;2*1-2H3;1H3;/q-1;;;-1;+2. The van der Waals surface area contributed by atoms with E-state index in [-0.39, 0.29) is 31.5 Å². The summed E-state index contributed by atoms with van der Waals surface area (Å²) in [6.07, 6.45) is 1.82.